The molecule has 3 aliphatic rings. The number of carbonyl (C=O) groups excluding carboxylic acids is 3. The van der Waals surface area contributed by atoms with Gasteiger partial charge >= 0.3 is 0 Å². The van der Waals surface area contributed by atoms with Gasteiger partial charge in [-0.05, 0) is 44.2 Å². The zero-order valence-corrected chi connectivity index (χ0v) is 25.8. The van der Waals surface area contributed by atoms with E-state index in [4.69, 9.17) is 0 Å². The van der Waals surface area contributed by atoms with Gasteiger partial charge in [0.05, 0.1) is 16.6 Å². The molecule has 7 nitrogen and oxygen atoms in total. The Bertz CT molecular complexity index is 1090. The van der Waals surface area contributed by atoms with Crippen LogP contribution in [0.15, 0.2) is 55.6 Å². The van der Waals surface area contributed by atoms with Gasteiger partial charge in [-0.15, -0.1) is 24.9 Å². The first-order valence-corrected chi connectivity index (χ1v) is 16.3. The molecule has 3 amide bonds. The second kappa shape index (κ2) is 13.7. The van der Waals surface area contributed by atoms with Crippen LogP contribution in [0.2, 0.25) is 0 Å². The molecule has 1 N–H and O–H groups in total. The number of nitrogens with zero attached hydrogens (tertiary/aromatic N) is 3. The predicted molar refractivity (Wildman–Crippen MR) is 166 cm³/mol. The summed E-state index contributed by atoms with van der Waals surface area (Å²) < 4.78 is -0.674. The Hall–Kier alpha value is -2.10. The van der Waals surface area contributed by atoms with Crippen molar-refractivity contribution in [3.8, 4) is 0 Å². The number of thioether (sulfide) groups is 1. The summed E-state index contributed by atoms with van der Waals surface area (Å²) in [5.41, 5.74) is 0.774. The Morgan fingerprint density at radius 3 is 2.50 bits per heavy atom. The molecule has 40 heavy (non-hydrogen) atoms. The number of aliphatic hydroxyl groups is 1. The zero-order valence-electron chi connectivity index (χ0n) is 23.4. The van der Waals surface area contributed by atoms with Gasteiger partial charge in [-0.2, -0.15) is 0 Å². The average Bonchev–Trinajstić information content (AvgIpc) is 3.55. The first-order chi connectivity index (χ1) is 19.4. The summed E-state index contributed by atoms with van der Waals surface area (Å²) in [7, 11) is 0. The number of para-hydroxylation sites is 1. The van der Waals surface area contributed by atoms with Crippen molar-refractivity contribution >= 4 is 51.1 Å². The number of carbonyl (C=O) groups is 3. The molecule has 4 rings (SSSR count). The van der Waals surface area contributed by atoms with Crippen molar-refractivity contribution in [1.29, 1.82) is 0 Å². The average molecular weight is 633 g/mol. The highest BCUT2D eigenvalue weighted by atomic mass is 79.9. The number of rotatable bonds is 15. The summed E-state index contributed by atoms with van der Waals surface area (Å²) in [6.45, 7) is 11.8. The highest BCUT2D eigenvalue weighted by Crippen LogP contribution is 2.68. The Morgan fingerprint density at radius 1 is 1.12 bits per heavy atom. The number of unbranched alkanes of at least 4 members (excludes halogenated alkanes) is 3. The normalized spacial score (nSPS) is 28.4. The lowest BCUT2D eigenvalue weighted by Gasteiger charge is -2.38. The molecule has 2 bridgehead atoms. The SMILES string of the molecule is C=CCN(CCCC)C(=O)C1N(CCCCCO)C(=O)[C@@H]2[C@@H](C(=O)N(CC=C)c3ccccc3)[C@@H]3SC12CC3Br. The van der Waals surface area contributed by atoms with Gasteiger partial charge < -0.3 is 19.8 Å². The molecule has 0 aromatic heterocycles. The van der Waals surface area contributed by atoms with Crippen molar-refractivity contribution in [2.75, 3.05) is 37.7 Å². The van der Waals surface area contributed by atoms with Crippen molar-refractivity contribution in [1.82, 2.24) is 9.80 Å². The zero-order chi connectivity index (χ0) is 28.9. The third kappa shape index (κ3) is 5.66. The van der Waals surface area contributed by atoms with Gasteiger partial charge in [-0.1, -0.05) is 59.6 Å². The van der Waals surface area contributed by atoms with Crippen LogP contribution in [0.1, 0.15) is 45.4 Å². The van der Waals surface area contributed by atoms with Gasteiger partial charge in [-0.3, -0.25) is 14.4 Å². The van der Waals surface area contributed by atoms with Gasteiger partial charge in [0.1, 0.15) is 6.04 Å². The lowest BCUT2D eigenvalue weighted by Crippen LogP contribution is -2.56. The minimum Gasteiger partial charge on any atom is -0.396 e. The van der Waals surface area contributed by atoms with E-state index in [2.05, 4.69) is 36.0 Å². The standard InChI is InChI=1S/C31H42BrN3O4S/c1-4-7-18-33(16-5-2)30(39)27-31-21-23(32)26(40-31)24(25(31)29(38)35(27)19-12-9-13-20-36)28(37)34(17-6-3)22-14-10-8-11-15-22/h5-6,8,10-11,14-15,23-27,36H,2-4,7,9,12-13,16-21H2,1H3/t23?,24-,25+,26-,27?,31?/m1/s1. The van der Waals surface area contributed by atoms with Crippen molar-refractivity contribution in [3.05, 3.63) is 55.6 Å². The number of alkyl halides is 1. The molecule has 3 aliphatic heterocycles. The lowest BCUT2D eigenvalue weighted by molar-refractivity contribution is -0.142. The highest BCUT2D eigenvalue weighted by molar-refractivity contribution is 9.09. The first kappa shape index (κ1) is 30.8. The van der Waals surface area contributed by atoms with E-state index < -0.39 is 22.6 Å². The number of hydrogen-bond acceptors (Lipinski definition) is 5. The fourth-order valence-electron chi connectivity index (χ4n) is 6.71. The first-order valence-electron chi connectivity index (χ1n) is 14.5. The number of aliphatic hydroxyl groups excluding tert-OH is 1. The lowest BCUT2D eigenvalue weighted by atomic mass is 9.70. The fourth-order valence-corrected chi connectivity index (χ4v) is 10.3. The number of likely N-dealkylation sites (tertiary alicyclic amines) is 1. The van der Waals surface area contributed by atoms with Crippen LogP contribution in [0, 0.1) is 11.8 Å². The van der Waals surface area contributed by atoms with Gasteiger partial charge in [-0.25, -0.2) is 0 Å². The van der Waals surface area contributed by atoms with Crippen molar-refractivity contribution in [2.24, 2.45) is 11.8 Å². The molecule has 1 aromatic rings. The van der Waals surface area contributed by atoms with Gasteiger partial charge in [0.2, 0.25) is 17.7 Å². The quantitative estimate of drug-likeness (QED) is 0.173. The molecule has 3 saturated heterocycles. The molecule has 1 aromatic carbocycles. The van der Waals surface area contributed by atoms with E-state index in [1.54, 1.807) is 33.7 Å². The third-order valence-corrected chi connectivity index (χ3v) is 11.7. The Labute approximate surface area is 251 Å². The van der Waals surface area contributed by atoms with Crippen molar-refractivity contribution in [2.45, 2.75) is 66.3 Å². The Balaban J connectivity index is 1.73. The molecule has 0 saturated carbocycles. The summed E-state index contributed by atoms with van der Waals surface area (Å²) in [4.78, 5) is 48.4. The van der Waals surface area contributed by atoms with Crippen molar-refractivity contribution < 1.29 is 19.5 Å². The van der Waals surface area contributed by atoms with Gasteiger partial charge in [0.25, 0.3) is 0 Å². The van der Waals surface area contributed by atoms with Crippen LogP contribution >= 0.6 is 27.7 Å². The summed E-state index contributed by atoms with van der Waals surface area (Å²) in [6.07, 6.45) is 8.08. The van der Waals surface area contributed by atoms with Crippen LogP contribution < -0.4 is 4.90 Å². The molecule has 0 aliphatic carbocycles. The number of amides is 3. The van der Waals surface area contributed by atoms with E-state index in [9.17, 15) is 19.5 Å². The van der Waals surface area contributed by atoms with Crippen LogP contribution in [0.5, 0.6) is 0 Å². The molecule has 218 valence electrons. The maximum absolute atomic E-state index is 14.4. The van der Waals surface area contributed by atoms with E-state index >= 15 is 0 Å². The summed E-state index contributed by atoms with van der Waals surface area (Å²) >= 11 is 5.54. The molecule has 1 spiro atoms. The molecular weight excluding hydrogens is 590 g/mol. The molecule has 0 radical (unpaired) electrons. The number of fused-ring (bicyclic) bond motifs is 1. The highest BCUT2D eigenvalue weighted by Gasteiger charge is 2.76. The number of hydrogen-bond donors (Lipinski definition) is 1. The van der Waals surface area contributed by atoms with E-state index in [0.717, 1.165) is 24.9 Å². The minimum atomic E-state index is -0.674. The maximum Gasteiger partial charge on any atom is 0.247 e. The fraction of sp³-hybridized carbons (Fsp3) is 0.581. The Morgan fingerprint density at radius 2 is 1.85 bits per heavy atom. The van der Waals surface area contributed by atoms with Crippen LogP contribution in [-0.2, 0) is 14.4 Å². The number of halogens is 1. The van der Waals surface area contributed by atoms with Gasteiger partial charge in [0.15, 0.2) is 0 Å². The Kier molecular flexibility index (Phi) is 10.6. The summed E-state index contributed by atoms with van der Waals surface area (Å²) in [6, 6.07) is 8.89. The molecule has 9 heteroatoms. The minimum absolute atomic E-state index is 0.0185. The third-order valence-electron chi connectivity index (χ3n) is 8.45. The second-order valence-electron chi connectivity index (χ2n) is 11.0. The molecule has 3 fully saturated rings. The summed E-state index contributed by atoms with van der Waals surface area (Å²) in [5, 5.41) is 9.18. The largest absolute Gasteiger partial charge is 0.396 e. The topological polar surface area (TPSA) is 81.2 Å². The van der Waals surface area contributed by atoms with E-state index in [-0.39, 0.29) is 34.4 Å². The van der Waals surface area contributed by atoms with Crippen LogP contribution in [0.25, 0.3) is 0 Å². The van der Waals surface area contributed by atoms with E-state index in [1.807, 2.05) is 35.2 Å². The van der Waals surface area contributed by atoms with Crippen LogP contribution in [0.3, 0.4) is 0 Å². The van der Waals surface area contributed by atoms with Crippen LogP contribution in [-0.4, -0.2) is 86.3 Å². The molecule has 3 unspecified atom stereocenters. The van der Waals surface area contributed by atoms with E-state index in [1.165, 1.54) is 0 Å². The smallest absolute Gasteiger partial charge is 0.247 e. The number of anilines is 1. The van der Waals surface area contributed by atoms with Gasteiger partial charge in [0, 0.05) is 48.6 Å². The maximum atomic E-state index is 14.4. The predicted octanol–water partition coefficient (Wildman–Crippen LogP) is 4.65. The van der Waals surface area contributed by atoms with E-state index in [0.29, 0.717) is 45.4 Å². The number of benzene rings is 1. The monoisotopic (exact) mass is 631 g/mol. The second-order valence-corrected chi connectivity index (χ2v) is 13.7. The van der Waals surface area contributed by atoms with Crippen LogP contribution in [0.4, 0.5) is 5.69 Å². The summed E-state index contributed by atoms with van der Waals surface area (Å²) in [5.74, 6) is -1.33. The molecule has 6 atom stereocenters. The molecule has 3 heterocycles. The van der Waals surface area contributed by atoms with Crippen molar-refractivity contribution in [3.63, 3.8) is 0 Å². The molecular formula is C31H42BrN3O4S.